The van der Waals surface area contributed by atoms with E-state index in [1.54, 1.807) is 18.5 Å². The van der Waals surface area contributed by atoms with E-state index in [4.69, 9.17) is 0 Å². The van der Waals surface area contributed by atoms with Crippen LogP contribution >= 0.6 is 7.92 Å². The Labute approximate surface area is 123 Å². The standard InChI is InChI=1S/C12H27P.BH4.Na/c1-4-7-10-13(11-8-5-2)12-9-6-3;;/h4-12H2,1-3H3;1H4;/q;-1;+1. The molecule has 0 saturated carbocycles. The first kappa shape index (κ1) is 21.7. The molecule has 0 spiro atoms. The van der Waals surface area contributed by atoms with Crippen molar-refractivity contribution in [1.29, 1.82) is 0 Å². The molecule has 0 aromatic carbocycles. The van der Waals surface area contributed by atoms with Crippen LogP contribution in [0.2, 0.25) is 0 Å². The van der Waals surface area contributed by atoms with Crippen molar-refractivity contribution in [3.05, 3.63) is 0 Å². The molecule has 0 aromatic rings. The van der Waals surface area contributed by atoms with Gasteiger partial charge in [-0.3, -0.25) is 0 Å². The average Bonchev–Trinajstić information content (AvgIpc) is 2.17. The van der Waals surface area contributed by atoms with Gasteiger partial charge in [0.25, 0.3) is 0 Å². The molecule has 0 N–H and O–H groups in total. The minimum atomic E-state index is 0. The summed E-state index contributed by atoms with van der Waals surface area (Å²) < 4.78 is 0. The van der Waals surface area contributed by atoms with Crippen molar-refractivity contribution in [3.8, 4) is 0 Å². The second-order valence-corrected chi connectivity index (χ2v) is 6.59. The van der Waals surface area contributed by atoms with E-state index in [1.807, 2.05) is 0 Å². The summed E-state index contributed by atoms with van der Waals surface area (Å²) in [5.41, 5.74) is 0. The summed E-state index contributed by atoms with van der Waals surface area (Å²) in [7, 11) is 0.422. The summed E-state index contributed by atoms with van der Waals surface area (Å²) >= 11 is 0. The Kier molecular flexibility index (Phi) is 25.9. The smallest absolute Gasteiger partial charge is 0.107 e. The van der Waals surface area contributed by atoms with Gasteiger partial charge in [-0.1, -0.05) is 48.4 Å². The van der Waals surface area contributed by atoms with E-state index >= 15 is 0 Å². The van der Waals surface area contributed by atoms with Gasteiger partial charge >= 0.3 is 29.6 Å². The van der Waals surface area contributed by atoms with E-state index in [-0.39, 0.29) is 38.0 Å². The predicted octanol–water partition coefficient (Wildman–Crippen LogP) is 0.421. The van der Waals surface area contributed by atoms with E-state index in [1.165, 1.54) is 38.5 Å². The molecule has 0 aliphatic rings. The fraction of sp³-hybridized carbons (Fsp3) is 1.00. The van der Waals surface area contributed by atoms with Crippen LogP contribution < -0.4 is 29.6 Å². The molecule has 0 saturated heterocycles. The Morgan fingerprint density at radius 1 is 0.667 bits per heavy atom. The summed E-state index contributed by atoms with van der Waals surface area (Å²) in [6, 6.07) is 0. The molecule has 0 aromatic heterocycles. The van der Waals surface area contributed by atoms with Gasteiger partial charge in [-0.15, -0.1) is 7.92 Å². The summed E-state index contributed by atoms with van der Waals surface area (Å²) in [5, 5.41) is 0. The van der Waals surface area contributed by atoms with Crippen LogP contribution in [0.5, 0.6) is 0 Å². The summed E-state index contributed by atoms with van der Waals surface area (Å²) in [4.78, 5) is 0. The molecule has 0 atom stereocenters. The topological polar surface area (TPSA) is 0 Å². The van der Waals surface area contributed by atoms with Gasteiger partial charge in [-0.25, -0.2) is 0 Å². The third-order valence-corrected chi connectivity index (χ3v) is 5.33. The quantitative estimate of drug-likeness (QED) is 0.405. The molecule has 0 fully saturated rings. The summed E-state index contributed by atoms with van der Waals surface area (Å²) in [6.45, 7) is 6.94. The molecule has 0 amide bonds. The van der Waals surface area contributed by atoms with Crippen molar-refractivity contribution >= 4 is 16.3 Å². The Balaban J connectivity index is -0.000000720. The monoisotopic (exact) mass is 240 g/mol. The SMILES string of the molecule is CCCCP(CCCC)CCCC.[BH4-].[Na+]. The zero-order valence-electron chi connectivity index (χ0n) is 10.8. The maximum Gasteiger partial charge on any atom is 1.00 e. The van der Waals surface area contributed by atoms with Crippen LogP contribution in [0.4, 0.5) is 0 Å². The van der Waals surface area contributed by atoms with E-state index in [0.29, 0.717) is 7.92 Å². The maximum atomic E-state index is 2.31. The van der Waals surface area contributed by atoms with E-state index in [9.17, 15) is 0 Å². The van der Waals surface area contributed by atoms with E-state index in [0.717, 1.165) is 0 Å². The van der Waals surface area contributed by atoms with Crippen LogP contribution in [0.3, 0.4) is 0 Å². The van der Waals surface area contributed by atoms with E-state index < -0.39 is 0 Å². The molecule has 3 heteroatoms. The second-order valence-electron chi connectivity index (χ2n) is 3.90. The van der Waals surface area contributed by atoms with Crippen LogP contribution in [-0.4, -0.2) is 26.9 Å². The van der Waals surface area contributed by atoms with Crippen LogP contribution in [0.15, 0.2) is 0 Å². The van der Waals surface area contributed by atoms with Crippen molar-refractivity contribution in [2.45, 2.75) is 59.3 Å². The van der Waals surface area contributed by atoms with Crippen molar-refractivity contribution in [2.24, 2.45) is 0 Å². The summed E-state index contributed by atoms with van der Waals surface area (Å²) in [6.07, 6.45) is 13.2. The minimum absolute atomic E-state index is 0. The van der Waals surface area contributed by atoms with Crippen molar-refractivity contribution in [3.63, 3.8) is 0 Å². The van der Waals surface area contributed by atoms with Gasteiger partial charge in [-0.05, 0) is 37.7 Å². The van der Waals surface area contributed by atoms with Crippen LogP contribution in [0.25, 0.3) is 0 Å². The largest absolute Gasteiger partial charge is 1.00 e. The van der Waals surface area contributed by atoms with Gasteiger partial charge < -0.3 is 0 Å². The summed E-state index contributed by atoms with van der Waals surface area (Å²) in [5.74, 6) is 0. The van der Waals surface area contributed by atoms with Gasteiger partial charge in [0.15, 0.2) is 0 Å². The zero-order chi connectivity index (χ0) is 9.94. The third kappa shape index (κ3) is 15.5. The molecular weight excluding hydrogens is 209 g/mol. The van der Waals surface area contributed by atoms with Crippen LogP contribution in [0.1, 0.15) is 59.3 Å². The Morgan fingerprint density at radius 2 is 0.933 bits per heavy atom. The molecule has 0 aliphatic carbocycles. The zero-order valence-corrected chi connectivity index (χ0v) is 13.7. The first-order valence-electron chi connectivity index (χ1n) is 6.07. The van der Waals surface area contributed by atoms with Gasteiger partial charge in [0.05, 0.1) is 0 Å². The molecule has 0 rings (SSSR count). The number of hydrogen-bond acceptors (Lipinski definition) is 0. The molecule has 88 valence electrons. The molecule has 0 heterocycles. The molecule has 0 radical (unpaired) electrons. The molecule has 0 nitrogen and oxygen atoms in total. The van der Waals surface area contributed by atoms with Gasteiger partial charge in [0.1, 0.15) is 0 Å². The fourth-order valence-corrected chi connectivity index (χ4v) is 4.44. The Bertz CT molecular complexity index is 82.6. The van der Waals surface area contributed by atoms with Crippen molar-refractivity contribution in [1.82, 2.24) is 0 Å². The van der Waals surface area contributed by atoms with Crippen LogP contribution in [0, 0.1) is 0 Å². The molecule has 0 aliphatic heterocycles. The molecule has 0 unspecified atom stereocenters. The van der Waals surface area contributed by atoms with Crippen LogP contribution in [-0.2, 0) is 0 Å². The fourth-order valence-electron chi connectivity index (χ4n) is 1.48. The first-order valence-corrected chi connectivity index (χ1v) is 7.97. The van der Waals surface area contributed by atoms with Crippen molar-refractivity contribution < 1.29 is 29.6 Å². The number of unbranched alkanes of at least 4 members (excludes halogenated alkanes) is 3. The minimum Gasteiger partial charge on any atom is -0.107 e. The second kappa shape index (κ2) is 17.9. The third-order valence-electron chi connectivity index (χ3n) is 2.48. The normalized spacial score (nSPS) is 9.60. The van der Waals surface area contributed by atoms with Gasteiger partial charge in [0, 0.05) is 0 Å². The average molecular weight is 240 g/mol. The first-order chi connectivity index (χ1) is 6.35. The van der Waals surface area contributed by atoms with E-state index in [2.05, 4.69) is 20.8 Å². The number of hydrogen-bond donors (Lipinski definition) is 0. The Hall–Kier alpha value is 1.49. The maximum absolute atomic E-state index is 2.31. The van der Waals surface area contributed by atoms with Gasteiger partial charge in [0.2, 0.25) is 0 Å². The van der Waals surface area contributed by atoms with Gasteiger partial charge in [-0.2, -0.15) is 0 Å². The predicted molar refractivity (Wildman–Crippen MR) is 77.6 cm³/mol. The molecule has 15 heavy (non-hydrogen) atoms. The van der Waals surface area contributed by atoms with Crippen molar-refractivity contribution in [2.75, 3.05) is 18.5 Å². The number of rotatable bonds is 9. The molecule has 0 bridgehead atoms. The Morgan fingerprint density at radius 3 is 1.13 bits per heavy atom. The molecular formula is C12H31BNaP.